The number of aromatic carboxylic acids is 2. The van der Waals surface area contributed by atoms with Crippen LogP contribution in [-0.4, -0.2) is 40.4 Å². The van der Waals surface area contributed by atoms with Gasteiger partial charge in [0.25, 0.3) is 5.56 Å². The van der Waals surface area contributed by atoms with Crippen molar-refractivity contribution in [3.8, 4) is 11.1 Å². The number of hydrogen-bond donors (Lipinski definition) is 5. The van der Waals surface area contributed by atoms with Crippen molar-refractivity contribution in [2.75, 3.05) is 19.0 Å². The van der Waals surface area contributed by atoms with E-state index in [4.69, 9.17) is 10.5 Å². The topological polar surface area (TPSA) is 155 Å². The molecule has 130 valence electrons. The van der Waals surface area contributed by atoms with Crippen LogP contribution in [0.25, 0.3) is 11.1 Å². The minimum Gasteiger partial charge on any atom is -0.478 e. The molecule has 0 amide bonds. The Morgan fingerprint density at radius 2 is 1.76 bits per heavy atom. The SMILES string of the molecule is Nc1[nH]c(=O)c(C(=O)O)c(-c2ccc(C3CNCO3)cc2)c1C(=O)O. The van der Waals surface area contributed by atoms with Crippen LogP contribution >= 0.6 is 0 Å². The molecule has 2 heterocycles. The monoisotopic (exact) mass is 345 g/mol. The summed E-state index contributed by atoms with van der Waals surface area (Å²) >= 11 is 0. The molecule has 0 bridgehead atoms. The van der Waals surface area contributed by atoms with E-state index in [1.54, 1.807) is 24.3 Å². The van der Waals surface area contributed by atoms with Crippen molar-refractivity contribution in [1.29, 1.82) is 0 Å². The molecule has 1 saturated heterocycles. The molecule has 1 aliphatic rings. The van der Waals surface area contributed by atoms with Gasteiger partial charge < -0.3 is 25.7 Å². The normalized spacial score (nSPS) is 16.7. The number of carboxylic acid groups (broad SMARTS) is 2. The third kappa shape index (κ3) is 2.97. The van der Waals surface area contributed by atoms with Gasteiger partial charge in [-0.05, 0) is 11.1 Å². The molecule has 1 unspecified atom stereocenters. The summed E-state index contributed by atoms with van der Waals surface area (Å²) in [5, 5.41) is 21.8. The lowest BCUT2D eigenvalue weighted by molar-refractivity contribution is 0.0695. The smallest absolute Gasteiger partial charge is 0.342 e. The standard InChI is InChI=1S/C16H15N3O6/c17-13-11(15(21)22)10(12(16(23)24)14(20)19-13)8-3-1-7(2-4-8)9-5-18-6-25-9/h1-4,9,18H,5-6H2,(H,21,22)(H,23,24)(H3,17,19,20). The van der Waals surface area contributed by atoms with Crippen LogP contribution in [0.1, 0.15) is 32.4 Å². The molecule has 1 aromatic heterocycles. The Morgan fingerprint density at radius 3 is 2.28 bits per heavy atom. The van der Waals surface area contributed by atoms with Crippen LogP contribution in [0.15, 0.2) is 29.1 Å². The number of H-pyrrole nitrogens is 1. The zero-order valence-corrected chi connectivity index (χ0v) is 12.9. The number of pyridine rings is 1. The van der Waals surface area contributed by atoms with Crippen LogP contribution in [0.4, 0.5) is 5.82 Å². The summed E-state index contributed by atoms with van der Waals surface area (Å²) < 4.78 is 5.47. The van der Waals surface area contributed by atoms with Crippen LogP contribution in [0.3, 0.4) is 0 Å². The van der Waals surface area contributed by atoms with E-state index in [0.29, 0.717) is 13.3 Å². The Kier molecular flexibility index (Phi) is 4.26. The summed E-state index contributed by atoms with van der Waals surface area (Å²) in [4.78, 5) is 37.1. The van der Waals surface area contributed by atoms with Crippen LogP contribution in [-0.2, 0) is 4.74 Å². The average molecular weight is 345 g/mol. The van der Waals surface area contributed by atoms with Gasteiger partial charge in [0.15, 0.2) is 0 Å². The molecule has 9 heteroatoms. The first kappa shape index (κ1) is 16.7. The van der Waals surface area contributed by atoms with Gasteiger partial charge in [-0.25, -0.2) is 9.59 Å². The molecule has 25 heavy (non-hydrogen) atoms. The van der Waals surface area contributed by atoms with Gasteiger partial charge in [0.1, 0.15) is 16.9 Å². The van der Waals surface area contributed by atoms with Crippen molar-refractivity contribution < 1.29 is 24.5 Å². The zero-order valence-electron chi connectivity index (χ0n) is 12.9. The molecule has 0 spiro atoms. The van der Waals surface area contributed by atoms with Crippen LogP contribution < -0.4 is 16.6 Å². The van der Waals surface area contributed by atoms with E-state index in [2.05, 4.69) is 10.3 Å². The van der Waals surface area contributed by atoms with Crippen molar-refractivity contribution in [3.05, 3.63) is 51.3 Å². The number of aromatic amines is 1. The minimum absolute atomic E-state index is 0.142. The van der Waals surface area contributed by atoms with E-state index in [9.17, 15) is 24.6 Å². The number of carboxylic acids is 2. The molecule has 1 aromatic carbocycles. The average Bonchev–Trinajstić information content (AvgIpc) is 3.07. The summed E-state index contributed by atoms with van der Waals surface area (Å²) in [6.07, 6.45) is -0.142. The molecule has 0 saturated carbocycles. The summed E-state index contributed by atoms with van der Waals surface area (Å²) in [6, 6.07) is 6.48. The predicted octanol–water partition coefficient (Wildman–Crippen LogP) is 0.639. The highest BCUT2D eigenvalue weighted by atomic mass is 16.5. The lowest BCUT2D eigenvalue weighted by Crippen LogP contribution is -2.24. The second-order valence-corrected chi connectivity index (χ2v) is 5.48. The number of hydrogen-bond acceptors (Lipinski definition) is 6. The summed E-state index contributed by atoms with van der Waals surface area (Å²) in [5.41, 5.74) is 4.41. The number of anilines is 1. The van der Waals surface area contributed by atoms with E-state index in [1.807, 2.05) is 0 Å². The predicted molar refractivity (Wildman–Crippen MR) is 87.5 cm³/mol. The van der Waals surface area contributed by atoms with Gasteiger partial charge >= 0.3 is 11.9 Å². The molecular weight excluding hydrogens is 330 g/mol. The maximum atomic E-state index is 12.0. The van der Waals surface area contributed by atoms with Crippen molar-refractivity contribution in [1.82, 2.24) is 10.3 Å². The minimum atomic E-state index is -1.54. The van der Waals surface area contributed by atoms with Crippen molar-refractivity contribution in [2.45, 2.75) is 6.10 Å². The fraction of sp³-hybridized carbons (Fsp3) is 0.188. The van der Waals surface area contributed by atoms with E-state index < -0.39 is 34.4 Å². The van der Waals surface area contributed by atoms with Gasteiger partial charge in [-0.3, -0.25) is 10.1 Å². The van der Waals surface area contributed by atoms with Gasteiger partial charge in [-0.2, -0.15) is 0 Å². The number of nitrogens with two attached hydrogens (primary N) is 1. The Bertz CT molecular complexity index is 897. The van der Waals surface area contributed by atoms with Crippen LogP contribution in [0.5, 0.6) is 0 Å². The zero-order chi connectivity index (χ0) is 18.1. The fourth-order valence-corrected chi connectivity index (χ4v) is 2.82. The van der Waals surface area contributed by atoms with Gasteiger partial charge in [0, 0.05) is 12.1 Å². The summed E-state index contributed by atoms with van der Waals surface area (Å²) in [5.74, 6) is -3.37. The lowest BCUT2D eigenvalue weighted by Gasteiger charge is -2.14. The highest BCUT2D eigenvalue weighted by Crippen LogP contribution is 2.30. The highest BCUT2D eigenvalue weighted by Gasteiger charge is 2.26. The molecule has 2 aromatic rings. The van der Waals surface area contributed by atoms with Gasteiger partial charge in [0.05, 0.1) is 12.8 Å². The first-order valence-corrected chi connectivity index (χ1v) is 7.35. The number of rotatable bonds is 4. The Balaban J connectivity index is 2.19. The van der Waals surface area contributed by atoms with E-state index in [1.165, 1.54) is 0 Å². The molecular formula is C16H15N3O6. The van der Waals surface area contributed by atoms with Gasteiger partial charge in [-0.1, -0.05) is 24.3 Å². The second-order valence-electron chi connectivity index (χ2n) is 5.48. The maximum Gasteiger partial charge on any atom is 0.342 e. The Morgan fingerprint density at radius 1 is 1.12 bits per heavy atom. The number of nitrogens with one attached hydrogen (secondary N) is 2. The third-order valence-electron chi connectivity index (χ3n) is 3.96. The number of ether oxygens (including phenoxy) is 1. The molecule has 1 atom stereocenters. The number of aromatic nitrogens is 1. The van der Waals surface area contributed by atoms with Crippen LogP contribution in [0.2, 0.25) is 0 Å². The quantitative estimate of drug-likeness (QED) is 0.540. The molecule has 6 N–H and O–H groups in total. The third-order valence-corrected chi connectivity index (χ3v) is 3.96. The molecule has 0 radical (unpaired) electrons. The van der Waals surface area contributed by atoms with Crippen molar-refractivity contribution in [3.63, 3.8) is 0 Å². The number of carbonyl (C=O) groups is 2. The van der Waals surface area contributed by atoms with Crippen molar-refractivity contribution in [2.24, 2.45) is 0 Å². The van der Waals surface area contributed by atoms with Gasteiger partial charge in [0.2, 0.25) is 0 Å². The summed E-state index contributed by atoms with van der Waals surface area (Å²) in [6.45, 7) is 1.07. The molecule has 1 aliphatic heterocycles. The largest absolute Gasteiger partial charge is 0.478 e. The maximum absolute atomic E-state index is 12.0. The number of benzene rings is 1. The molecule has 1 fully saturated rings. The molecule has 3 rings (SSSR count). The van der Waals surface area contributed by atoms with Crippen LogP contribution in [0, 0.1) is 0 Å². The Labute approximate surface area is 141 Å². The Hall–Kier alpha value is -3.17. The second kappa shape index (κ2) is 6.38. The lowest BCUT2D eigenvalue weighted by atomic mass is 9.94. The fourth-order valence-electron chi connectivity index (χ4n) is 2.82. The highest BCUT2D eigenvalue weighted by molar-refractivity contribution is 6.07. The molecule has 0 aliphatic carbocycles. The van der Waals surface area contributed by atoms with Crippen molar-refractivity contribution >= 4 is 17.8 Å². The first-order valence-electron chi connectivity index (χ1n) is 7.35. The molecule has 9 nitrogen and oxygen atoms in total. The summed E-state index contributed by atoms with van der Waals surface area (Å²) in [7, 11) is 0. The van der Waals surface area contributed by atoms with E-state index in [-0.39, 0.29) is 17.2 Å². The van der Waals surface area contributed by atoms with E-state index in [0.717, 1.165) is 5.56 Å². The van der Waals surface area contributed by atoms with E-state index >= 15 is 0 Å². The number of nitrogen functional groups attached to an aromatic ring is 1. The van der Waals surface area contributed by atoms with Gasteiger partial charge in [-0.15, -0.1) is 0 Å². The first-order chi connectivity index (χ1) is 11.9.